The smallest absolute Gasteiger partial charge is 0.160 e. The maximum absolute atomic E-state index is 13.6. The third-order valence-corrected chi connectivity index (χ3v) is 2.62. The fraction of sp³-hybridized carbons (Fsp3) is 0.0769. The molecule has 17 heavy (non-hydrogen) atoms. The van der Waals surface area contributed by atoms with Gasteiger partial charge in [0.1, 0.15) is 5.69 Å². The first-order valence-corrected chi connectivity index (χ1v) is 5.31. The van der Waals surface area contributed by atoms with Gasteiger partial charge < -0.3 is 4.98 Å². The Morgan fingerprint density at radius 3 is 2.94 bits per heavy atom. The molecule has 2 heterocycles. The highest BCUT2D eigenvalue weighted by Crippen LogP contribution is 2.21. The number of aromatic amines is 1. The van der Waals surface area contributed by atoms with Crippen molar-refractivity contribution >= 4 is 11.0 Å². The fourth-order valence-electron chi connectivity index (χ4n) is 1.80. The van der Waals surface area contributed by atoms with Crippen LogP contribution in [0.2, 0.25) is 0 Å². The van der Waals surface area contributed by atoms with Crippen LogP contribution in [0.25, 0.3) is 22.6 Å². The van der Waals surface area contributed by atoms with E-state index in [2.05, 4.69) is 15.0 Å². The van der Waals surface area contributed by atoms with Gasteiger partial charge in [-0.15, -0.1) is 0 Å². The van der Waals surface area contributed by atoms with E-state index in [1.165, 1.54) is 6.07 Å². The van der Waals surface area contributed by atoms with Crippen LogP contribution in [0.4, 0.5) is 4.39 Å². The third kappa shape index (κ3) is 1.67. The number of H-pyrrole nitrogens is 1. The van der Waals surface area contributed by atoms with Crippen LogP contribution in [0, 0.1) is 12.7 Å². The lowest BCUT2D eigenvalue weighted by Crippen LogP contribution is -1.89. The maximum atomic E-state index is 13.6. The van der Waals surface area contributed by atoms with Crippen molar-refractivity contribution in [3.63, 3.8) is 0 Å². The highest BCUT2D eigenvalue weighted by Gasteiger charge is 2.10. The summed E-state index contributed by atoms with van der Waals surface area (Å²) in [7, 11) is 0. The van der Waals surface area contributed by atoms with Crippen molar-refractivity contribution in [3.05, 3.63) is 47.9 Å². The van der Waals surface area contributed by atoms with E-state index in [9.17, 15) is 4.39 Å². The number of rotatable bonds is 1. The van der Waals surface area contributed by atoms with Gasteiger partial charge in [0.25, 0.3) is 0 Å². The Morgan fingerprint density at radius 2 is 2.12 bits per heavy atom. The molecule has 0 fully saturated rings. The monoisotopic (exact) mass is 227 g/mol. The Morgan fingerprint density at radius 1 is 1.24 bits per heavy atom. The van der Waals surface area contributed by atoms with Crippen molar-refractivity contribution in [2.24, 2.45) is 0 Å². The van der Waals surface area contributed by atoms with Crippen LogP contribution in [-0.2, 0) is 0 Å². The van der Waals surface area contributed by atoms with E-state index in [0.717, 1.165) is 16.6 Å². The van der Waals surface area contributed by atoms with Gasteiger partial charge in [0.05, 0.1) is 11.0 Å². The van der Waals surface area contributed by atoms with Crippen LogP contribution >= 0.6 is 0 Å². The van der Waals surface area contributed by atoms with Crippen molar-refractivity contribution in [1.29, 1.82) is 0 Å². The number of nitrogens with zero attached hydrogens (tertiary/aromatic N) is 2. The van der Waals surface area contributed by atoms with Crippen LogP contribution in [0.5, 0.6) is 0 Å². The number of hydrogen-bond donors (Lipinski definition) is 1. The number of pyridine rings is 1. The van der Waals surface area contributed by atoms with E-state index >= 15 is 0 Å². The van der Waals surface area contributed by atoms with Gasteiger partial charge in [-0.2, -0.15) is 0 Å². The predicted octanol–water partition coefficient (Wildman–Crippen LogP) is 3.07. The number of aromatic nitrogens is 3. The minimum Gasteiger partial charge on any atom is -0.337 e. The highest BCUT2D eigenvalue weighted by atomic mass is 19.1. The minimum absolute atomic E-state index is 0.251. The average molecular weight is 227 g/mol. The van der Waals surface area contributed by atoms with Gasteiger partial charge in [-0.05, 0) is 36.8 Å². The van der Waals surface area contributed by atoms with Crippen molar-refractivity contribution in [2.45, 2.75) is 6.92 Å². The first kappa shape index (κ1) is 9.96. The third-order valence-electron chi connectivity index (χ3n) is 2.62. The number of aryl methyl sites for hydroxylation is 1. The largest absolute Gasteiger partial charge is 0.337 e. The summed E-state index contributed by atoms with van der Waals surface area (Å²) >= 11 is 0. The molecule has 0 aliphatic carbocycles. The van der Waals surface area contributed by atoms with Gasteiger partial charge in [0.15, 0.2) is 11.6 Å². The lowest BCUT2D eigenvalue weighted by molar-refractivity contribution is 0.624. The summed E-state index contributed by atoms with van der Waals surface area (Å²) in [6, 6.07) is 8.80. The molecule has 1 aromatic carbocycles. The summed E-state index contributed by atoms with van der Waals surface area (Å²) in [5.41, 5.74) is 3.09. The second kappa shape index (κ2) is 3.66. The molecule has 0 aliphatic heterocycles. The molecule has 0 saturated carbocycles. The zero-order valence-corrected chi connectivity index (χ0v) is 9.24. The van der Waals surface area contributed by atoms with Gasteiger partial charge in [-0.1, -0.05) is 6.07 Å². The van der Waals surface area contributed by atoms with Crippen molar-refractivity contribution in [3.8, 4) is 11.5 Å². The van der Waals surface area contributed by atoms with Crippen molar-refractivity contribution < 1.29 is 4.39 Å². The Kier molecular flexibility index (Phi) is 2.14. The summed E-state index contributed by atoms with van der Waals surface area (Å²) in [6.45, 7) is 2.00. The number of benzene rings is 1. The van der Waals surface area contributed by atoms with Crippen LogP contribution in [-0.4, -0.2) is 15.0 Å². The molecule has 0 radical (unpaired) electrons. The molecule has 0 saturated heterocycles. The zero-order chi connectivity index (χ0) is 11.8. The Labute approximate surface area is 97.3 Å². The van der Waals surface area contributed by atoms with E-state index in [-0.39, 0.29) is 11.5 Å². The SMILES string of the molecule is Cc1ccc2nc(-c3ncccc3F)[nH]c2c1. The van der Waals surface area contributed by atoms with Gasteiger partial charge in [0, 0.05) is 6.20 Å². The van der Waals surface area contributed by atoms with E-state index in [1.54, 1.807) is 12.3 Å². The van der Waals surface area contributed by atoms with E-state index in [0.29, 0.717) is 5.82 Å². The highest BCUT2D eigenvalue weighted by molar-refractivity contribution is 5.79. The number of halogens is 1. The molecule has 3 rings (SSSR count). The molecule has 0 aliphatic rings. The Hall–Kier alpha value is -2.23. The Bertz CT molecular complexity index is 688. The molecule has 2 aromatic heterocycles. The second-order valence-electron chi connectivity index (χ2n) is 3.94. The minimum atomic E-state index is -0.372. The van der Waals surface area contributed by atoms with Gasteiger partial charge in [-0.25, -0.2) is 14.4 Å². The van der Waals surface area contributed by atoms with Crippen molar-refractivity contribution in [1.82, 2.24) is 15.0 Å². The number of nitrogens with one attached hydrogen (secondary N) is 1. The number of hydrogen-bond acceptors (Lipinski definition) is 2. The van der Waals surface area contributed by atoms with Crippen LogP contribution < -0.4 is 0 Å². The molecule has 0 unspecified atom stereocenters. The molecule has 1 N–H and O–H groups in total. The number of imidazole rings is 1. The molecule has 3 aromatic rings. The molecule has 0 amide bonds. The average Bonchev–Trinajstić information content (AvgIpc) is 2.72. The molecular weight excluding hydrogens is 217 g/mol. The first-order chi connectivity index (χ1) is 8.24. The lowest BCUT2D eigenvalue weighted by Gasteiger charge is -1.95. The number of fused-ring (bicyclic) bond motifs is 1. The summed E-state index contributed by atoms with van der Waals surface area (Å²) < 4.78 is 13.6. The topological polar surface area (TPSA) is 41.6 Å². The van der Waals surface area contributed by atoms with E-state index < -0.39 is 0 Å². The van der Waals surface area contributed by atoms with E-state index in [1.807, 2.05) is 25.1 Å². The standard InChI is InChI=1S/C13H10FN3/c1-8-4-5-10-11(7-8)17-13(16-10)12-9(14)3-2-6-15-12/h2-7H,1H3,(H,16,17). The summed E-state index contributed by atoms with van der Waals surface area (Å²) in [5.74, 6) is 0.0898. The Balaban J connectivity index is 2.22. The molecule has 84 valence electrons. The lowest BCUT2D eigenvalue weighted by atomic mass is 10.2. The van der Waals surface area contributed by atoms with Gasteiger partial charge in [0.2, 0.25) is 0 Å². The first-order valence-electron chi connectivity index (χ1n) is 5.31. The summed E-state index contributed by atoms with van der Waals surface area (Å²) in [4.78, 5) is 11.4. The summed E-state index contributed by atoms with van der Waals surface area (Å²) in [5, 5.41) is 0. The van der Waals surface area contributed by atoms with Crippen molar-refractivity contribution in [2.75, 3.05) is 0 Å². The van der Waals surface area contributed by atoms with Crippen LogP contribution in [0.3, 0.4) is 0 Å². The normalized spacial score (nSPS) is 10.9. The molecular formula is C13H10FN3. The molecule has 0 atom stereocenters. The fourth-order valence-corrected chi connectivity index (χ4v) is 1.80. The second-order valence-corrected chi connectivity index (χ2v) is 3.94. The molecule has 0 bridgehead atoms. The van der Waals surface area contributed by atoms with Crippen LogP contribution in [0.1, 0.15) is 5.56 Å². The predicted molar refractivity (Wildman–Crippen MR) is 64.0 cm³/mol. The van der Waals surface area contributed by atoms with Gasteiger partial charge in [-0.3, -0.25) is 0 Å². The quantitative estimate of drug-likeness (QED) is 0.694. The molecule has 4 heteroatoms. The molecule has 3 nitrogen and oxygen atoms in total. The van der Waals surface area contributed by atoms with Gasteiger partial charge >= 0.3 is 0 Å². The van der Waals surface area contributed by atoms with E-state index in [4.69, 9.17) is 0 Å². The summed E-state index contributed by atoms with van der Waals surface area (Å²) in [6.07, 6.45) is 1.55. The van der Waals surface area contributed by atoms with Crippen LogP contribution in [0.15, 0.2) is 36.5 Å². The zero-order valence-electron chi connectivity index (χ0n) is 9.24. The maximum Gasteiger partial charge on any atom is 0.160 e. The molecule has 0 spiro atoms.